The van der Waals surface area contributed by atoms with Gasteiger partial charge in [-0.2, -0.15) is 5.10 Å². The van der Waals surface area contributed by atoms with E-state index in [-0.39, 0.29) is 11.7 Å². The number of thioether (sulfide) groups is 3. The number of carbonyl (C=O) groups is 1. The van der Waals surface area contributed by atoms with Gasteiger partial charge < -0.3 is 0 Å². The molecule has 0 radical (unpaired) electrons. The summed E-state index contributed by atoms with van der Waals surface area (Å²) < 4.78 is 1.67. The zero-order chi connectivity index (χ0) is 22.2. The minimum atomic E-state index is -0.174. The van der Waals surface area contributed by atoms with Gasteiger partial charge in [-0.3, -0.25) is 4.79 Å². The van der Waals surface area contributed by atoms with Crippen LogP contribution in [-0.4, -0.2) is 34.3 Å². The van der Waals surface area contributed by atoms with Gasteiger partial charge in [0.1, 0.15) is 0 Å². The van der Waals surface area contributed by atoms with Crippen LogP contribution < -0.4 is 5.43 Å². The highest BCUT2D eigenvalue weighted by Crippen LogP contribution is 2.32. The molecule has 32 heavy (non-hydrogen) atoms. The lowest BCUT2D eigenvalue weighted by Gasteiger charge is -2.04. The highest BCUT2D eigenvalue weighted by Gasteiger charge is 2.09. The van der Waals surface area contributed by atoms with Crippen LogP contribution >= 0.6 is 46.6 Å². The van der Waals surface area contributed by atoms with Gasteiger partial charge in [-0.1, -0.05) is 89.5 Å². The summed E-state index contributed by atoms with van der Waals surface area (Å²) in [5.74, 6) is 0.895. The third kappa shape index (κ3) is 6.35. The van der Waals surface area contributed by atoms with Crippen molar-refractivity contribution in [2.45, 2.75) is 19.3 Å². The topological polar surface area (TPSA) is 67.2 Å². The molecule has 0 aliphatic carbocycles. The Morgan fingerprint density at radius 2 is 1.75 bits per heavy atom. The maximum absolute atomic E-state index is 12.1. The predicted molar refractivity (Wildman–Crippen MR) is 138 cm³/mol. The molecule has 0 saturated heterocycles. The molecule has 1 heterocycles. The first kappa shape index (κ1) is 22.8. The number of rotatable bonds is 9. The van der Waals surface area contributed by atoms with Crippen molar-refractivity contribution in [1.29, 1.82) is 0 Å². The van der Waals surface area contributed by atoms with E-state index < -0.39 is 0 Å². The van der Waals surface area contributed by atoms with E-state index in [1.165, 1.54) is 44.3 Å². The molecule has 0 atom stereocenters. The lowest BCUT2D eigenvalue weighted by atomic mass is 10.1. The van der Waals surface area contributed by atoms with Crippen LogP contribution in [0.5, 0.6) is 0 Å². The van der Waals surface area contributed by atoms with Gasteiger partial charge in [0.05, 0.1) is 12.0 Å². The smallest absolute Gasteiger partial charge is 0.250 e. The average molecular weight is 497 g/mol. The van der Waals surface area contributed by atoms with Crippen molar-refractivity contribution >= 4 is 69.5 Å². The van der Waals surface area contributed by atoms with E-state index in [0.717, 1.165) is 20.0 Å². The lowest BCUT2D eigenvalue weighted by Crippen LogP contribution is -2.19. The Balaban J connectivity index is 1.24. The number of carbonyl (C=O) groups excluding carboxylic acids is 1. The van der Waals surface area contributed by atoms with Crippen molar-refractivity contribution in [3.8, 4) is 0 Å². The fourth-order valence-electron chi connectivity index (χ4n) is 2.90. The van der Waals surface area contributed by atoms with Gasteiger partial charge >= 0.3 is 0 Å². The van der Waals surface area contributed by atoms with Crippen LogP contribution in [0, 0.1) is 0 Å². The van der Waals surface area contributed by atoms with Crippen LogP contribution in [-0.2, 0) is 10.5 Å². The number of nitrogens with one attached hydrogen (secondary N) is 1. The summed E-state index contributed by atoms with van der Waals surface area (Å²) in [7, 11) is 0. The van der Waals surface area contributed by atoms with E-state index >= 15 is 0 Å². The fourth-order valence-corrected chi connectivity index (χ4v) is 6.12. The summed E-state index contributed by atoms with van der Waals surface area (Å²) in [6.07, 6.45) is 3.67. The highest BCUT2D eigenvalue weighted by atomic mass is 32.2. The molecular formula is C23H20N4OS4. The van der Waals surface area contributed by atoms with Gasteiger partial charge in [-0.15, -0.1) is 22.0 Å². The fraction of sp³-hybridized carbons (Fsp3) is 0.130. The van der Waals surface area contributed by atoms with Crippen LogP contribution in [0.4, 0.5) is 0 Å². The van der Waals surface area contributed by atoms with E-state index in [2.05, 4.69) is 63.2 Å². The zero-order valence-corrected chi connectivity index (χ0v) is 20.5. The van der Waals surface area contributed by atoms with E-state index in [1.54, 1.807) is 29.7 Å². The van der Waals surface area contributed by atoms with Gasteiger partial charge in [-0.05, 0) is 40.3 Å². The molecule has 0 aliphatic heterocycles. The first-order valence-corrected chi connectivity index (χ1v) is 13.7. The van der Waals surface area contributed by atoms with E-state index in [9.17, 15) is 4.79 Å². The molecule has 1 aromatic heterocycles. The Kier molecular flexibility index (Phi) is 8.22. The van der Waals surface area contributed by atoms with Crippen LogP contribution in [0.3, 0.4) is 0 Å². The van der Waals surface area contributed by atoms with Gasteiger partial charge in [0, 0.05) is 10.6 Å². The summed E-state index contributed by atoms with van der Waals surface area (Å²) in [5.41, 5.74) is 4.77. The second-order valence-electron chi connectivity index (χ2n) is 6.62. The Labute approximate surface area is 203 Å². The Bertz CT molecular complexity index is 1220. The van der Waals surface area contributed by atoms with Crippen molar-refractivity contribution in [2.24, 2.45) is 5.10 Å². The van der Waals surface area contributed by atoms with Crippen LogP contribution in [0.2, 0.25) is 0 Å². The van der Waals surface area contributed by atoms with E-state index in [4.69, 9.17) is 0 Å². The minimum Gasteiger partial charge on any atom is -0.272 e. The number of benzene rings is 3. The summed E-state index contributed by atoms with van der Waals surface area (Å²) >= 11 is 6.22. The number of hydrogen-bond donors (Lipinski definition) is 1. The maximum Gasteiger partial charge on any atom is 0.250 e. The molecule has 0 unspecified atom stereocenters. The number of fused-ring (bicyclic) bond motifs is 1. The van der Waals surface area contributed by atoms with E-state index in [0.29, 0.717) is 0 Å². The Morgan fingerprint density at radius 3 is 2.56 bits per heavy atom. The van der Waals surface area contributed by atoms with Crippen molar-refractivity contribution in [3.05, 3.63) is 77.9 Å². The second kappa shape index (κ2) is 11.5. The largest absolute Gasteiger partial charge is 0.272 e. The first-order chi connectivity index (χ1) is 15.7. The SMILES string of the molecule is CSc1ccc(/C=N\NC(=O)CSc2nnc(SCc3cccc4ccccc34)s2)cc1. The molecule has 0 spiro atoms. The number of hydrogen-bond acceptors (Lipinski definition) is 8. The van der Waals surface area contributed by atoms with Crippen LogP contribution in [0.1, 0.15) is 11.1 Å². The Morgan fingerprint density at radius 1 is 1.00 bits per heavy atom. The molecule has 1 N–H and O–H groups in total. The van der Waals surface area contributed by atoms with E-state index in [1.807, 2.05) is 30.5 Å². The summed E-state index contributed by atoms with van der Waals surface area (Å²) in [6.45, 7) is 0. The summed E-state index contributed by atoms with van der Waals surface area (Å²) in [4.78, 5) is 13.2. The standard InChI is InChI=1S/C23H20N4OS4/c1-29-19-11-9-16(10-12-19)13-24-25-21(28)15-31-23-27-26-22(32-23)30-14-18-7-4-6-17-5-2-3-8-20(17)18/h2-13H,14-15H2,1H3,(H,25,28)/b24-13-. The maximum atomic E-state index is 12.1. The molecule has 4 aromatic rings. The van der Waals surface area contributed by atoms with Gasteiger partial charge in [-0.25, -0.2) is 5.43 Å². The lowest BCUT2D eigenvalue weighted by molar-refractivity contribution is -0.118. The first-order valence-electron chi connectivity index (χ1n) is 9.73. The average Bonchev–Trinajstić information content (AvgIpc) is 3.30. The molecule has 9 heteroatoms. The number of amides is 1. The molecule has 0 aliphatic rings. The normalized spacial score (nSPS) is 11.3. The summed E-state index contributed by atoms with van der Waals surface area (Å²) in [6, 6.07) is 22.7. The summed E-state index contributed by atoms with van der Waals surface area (Å²) in [5, 5.41) is 15.0. The molecule has 4 rings (SSSR count). The van der Waals surface area contributed by atoms with Gasteiger partial charge in [0.15, 0.2) is 8.68 Å². The minimum absolute atomic E-state index is 0.174. The number of hydrazone groups is 1. The Hall–Kier alpha value is -2.33. The third-order valence-electron chi connectivity index (χ3n) is 4.46. The second-order valence-corrected chi connectivity index (χ2v) is 10.9. The molecule has 3 aromatic carbocycles. The van der Waals surface area contributed by atoms with Crippen molar-refractivity contribution < 1.29 is 4.79 Å². The molecule has 0 fully saturated rings. The van der Waals surface area contributed by atoms with Crippen molar-refractivity contribution in [1.82, 2.24) is 15.6 Å². The van der Waals surface area contributed by atoms with Gasteiger partial charge in [0.25, 0.3) is 5.91 Å². The number of aromatic nitrogens is 2. The van der Waals surface area contributed by atoms with Crippen LogP contribution in [0.15, 0.2) is 85.4 Å². The van der Waals surface area contributed by atoms with Crippen LogP contribution in [0.25, 0.3) is 10.8 Å². The molecule has 5 nitrogen and oxygen atoms in total. The molecule has 162 valence electrons. The zero-order valence-electron chi connectivity index (χ0n) is 17.2. The monoisotopic (exact) mass is 496 g/mol. The molecule has 0 saturated carbocycles. The third-order valence-corrected chi connectivity index (χ3v) is 8.45. The number of nitrogens with zero attached hydrogens (tertiary/aromatic N) is 3. The predicted octanol–water partition coefficient (Wildman–Crippen LogP) is 5.95. The molecular weight excluding hydrogens is 477 g/mol. The van der Waals surface area contributed by atoms with Crippen molar-refractivity contribution in [2.75, 3.05) is 12.0 Å². The quantitative estimate of drug-likeness (QED) is 0.175. The van der Waals surface area contributed by atoms with Crippen molar-refractivity contribution in [3.63, 3.8) is 0 Å². The van der Waals surface area contributed by atoms with Gasteiger partial charge in [0.2, 0.25) is 0 Å². The molecule has 1 amide bonds. The highest BCUT2D eigenvalue weighted by molar-refractivity contribution is 8.03. The molecule has 0 bridgehead atoms.